The average Bonchev–Trinajstić information content (AvgIpc) is 2.21. The van der Waals surface area contributed by atoms with E-state index in [9.17, 15) is 0 Å². The summed E-state index contributed by atoms with van der Waals surface area (Å²) >= 11 is 0. The van der Waals surface area contributed by atoms with Gasteiger partial charge in [0.05, 0.1) is 0 Å². The molecular weight excluding hydrogens is 146 g/mol. The Hall–Kier alpha value is 0.250. The summed E-state index contributed by atoms with van der Waals surface area (Å²) in [5.41, 5.74) is 0. The molecule has 0 amide bonds. The third kappa shape index (κ3) is 1.64. The summed E-state index contributed by atoms with van der Waals surface area (Å²) in [4.78, 5) is 0. The van der Waals surface area contributed by atoms with Crippen LogP contribution in [0.5, 0.6) is 0 Å². The summed E-state index contributed by atoms with van der Waals surface area (Å²) in [6.07, 6.45) is 7.33. The maximum Gasteiger partial charge on any atom is 0.00672 e. The maximum atomic E-state index is 3.57. The van der Waals surface area contributed by atoms with Crippen LogP contribution in [0.2, 0.25) is 0 Å². The van der Waals surface area contributed by atoms with Crippen LogP contribution < -0.4 is 5.32 Å². The molecular formula is C8H16ClN. The lowest BCUT2D eigenvalue weighted by atomic mass is 9.87. The smallest absolute Gasteiger partial charge is 0.00672 e. The highest BCUT2D eigenvalue weighted by Crippen LogP contribution is 2.29. The van der Waals surface area contributed by atoms with Gasteiger partial charge in [0.2, 0.25) is 0 Å². The van der Waals surface area contributed by atoms with Gasteiger partial charge in [0.25, 0.3) is 0 Å². The zero-order valence-corrected chi connectivity index (χ0v) is 7.12. The van der Waals surface area contributed by atoms with Gasteiger partial charge in [-0.1, -0.05) is 0 Å². The Kier molecular flexibility index (Phi) is 2.99. The van der Waals surface area contributed by atoms with Gasteiger partial charge in [-0.15, -0.1) is 12.4 Å². The SMILES string of the molecule is C1CC2CCC(CC2)N1.Cl. The molecule has 1 saturated carbocycles. The van der Waals surface area contributed by atoms with E-state index in [1.165, 1.54) is 38.6 Å². The molecule has 3 fully saturated rings. The highest BCUT2D eigenvalue weighted by atomic mass is 35.5. The van der Waals surface area contributed by atoms with Gasteiger partial charge in [-0.25, -0.2) is 0 Å². The van der Waals surface area contributed by atoms with Gasteiger partial charge in [-0.05, 0) is 44.6 Å². The fourth-order valence-electron chi connectivity index (χ4n) is 2.15. The zero-order chi connectivity index (χ0) is 6.10. The summed E-state index contributed by atoms with van der Waals surface area (Å²) in [5.74, 6) is 1.08. The minimum atomic E-state index is 0. The van der Waals surface area contributed by atoms with Crippen LogP contribution in [0, 0.1) is 5.92 Å². The van der Waals surface area contributed by atoms with Gasteiger partial charge >= 0.3 is 0 Å². The number of fused-ring (bicyclic) bond motifs is 4. The molecule has 60 valence electrons. The molecule has 10 heavy (non-hydrogen) atoms. The first-order valence-electron chi connectivity index (χ1n) is 4.18. The summed E-state index contributed by atoms with van der Waals surface area (Å²) in [7, 11) is 0. The average molecular weight is 162 g/mol. The Balaban J connectivity index is 0.000000500. The van der Waals surface area contributed by atoms with Crippen molar-refractivity contribution >= 4 is 12.4 Å². The van der Waals surface area contributed by atoms with E-state index in [0.717, 1.165) is 12.0 Å². The Morgan fingerprint density at radius 2 is 1.60 bits per heavy atom. The van der Waals surface area contributed by atoms with Crippen LogP contribution in [0.3, 0.4) is 0 Å². The molecule has 0 radical (unpaired) electrons. The van der Waals surface area contributed by atoms with Gasteiger partial charge < -0.3 is 5.32 Å². The predicted molar refractivity (Wildman–Crippen MR) is 45.6 cm³/mol. The molecule has 1 nitrogen and oxygen atoms in total. The van der Waals surface area contributed by atoms with Crippen molar-refractivity contribution < 1.29 is 0 Å². The Morgan fingerprint density at radius 1 is 0.900 bits per heavy atom. The predicted octanol–water partition coefficient (Wildman–Crippen LogP) is 1.96. The summed E-state index contributed by atoms with van der Waals surface area (Å²) < 4.78 is 0. The third-order valence-electron chi connectivity index (χ3n) is 2.83. The molecule has 0 aromatic carbocycles. The van der Waals surface area contributed by atoms with Crippen LogP contribution in [0.25, 0.3) is 0 Å². The van der Waals surface area contributed by atoms with Gasteiger partial charge in [-0.3, -0.25) is 0 Å². The third-order valence-corrected chi connectivity index (χ3v) is 2.83. The second-order valence-electron chi connectivity index (χ2n) is 3.46. The lowest BCUT2D eigenvalue weighted by Crippen LogP contribution is -2.27. The van der Waals surface area contributed by atoms with E-state index in [1.54, 1.807) is 0 Å². The quantitative estimate of drug-likeness (QED) is 0.573. The standard InChI is InChI=1S/C8H15N.ClH/c1-3-8-4-2-7(1)5-6-9-8;/h7-9H,1-6H2;1H. The van der Waals surface area contributed by atoms with Crippen molar-refractivity contribution in [3.8, 4) is 0 Å². The van der Waals surface area contributed by atoms with E-state index in [-0.39, 0.29) is 12.4 Å². The Morgan fingerprint density at radius 3 is 2.30 bits per heavy atom. The number of halogens is 1. The number of rotatable bonds is 0. The topological polar surface area (TPSA) is 12.0 Å². The van der Waals surface area contributed by atoms with E-state index in [1.807, 2.05) is 0 Å². The number of nitrogens with one attached hydrogen (secondary N) is 1. The normalized spacial score (nSPS) is 38.4. The van der Waals surface area contributed by atoms with Crippen LogP contribution in [0.1, 0.15) is 32.1 Å². The molecule has 0 spiro atoms. The van der Waals surface area contributed by atoms with Crippen molar-refractivity contribution in [1.29, 1.82) is 0 Å². The highest BCUT2D eigenvalue weighted by Gasteiger charge is 2.23. The second-order valence-corrected chi connectivity index (χ2v) is 3.46. The summed E-state index contributed by atoms with van der Waals surface area (Å²) in [6, 6.07) is 0.892. The van der Waals surface area contributed by atoms with E-state index in [4.69, 9.17) is 0 Å². The first kappa shape index (κ1) is 8.35. The Labute approximate surface area is 69.0 Å². The molecule has 0 aromatic heterocycles. The molecule has 1 aliphatic carbocycles. The summed E-state index contributed by atoms with van der Waals surface area (Å²) in [6.45, 7) is 1.29. The van der Waals surface area contributed by atoms with Gasteiger partial charge in [-0.2, -0.15) is 0 Å². The number of hydrogen-bond donors (Lipinski definition) is 1. The van der Waals surface area contributed by atoms with Crippen molar-refractivity contribution in [2.24, 2.45) is 5.92 Å². The molecule has 0 aromatic rings. The zero-order valence-electron chi connectivity index (χ0n) is 6.31. The van der Waals surface area contributed by atoms with Gasteiger partial charge in [0.15, 0.2) is 0 Å². The molecule has 0 atom stereocenters. The fourth-order valence-corrected chi connectivity index (χ4v) is 2.15. The first-order valence-corrected chi connectivity index (χ1v) is 4.18. The molecule has 0 unspecified atom stereocenters. The van der Waals surface area contributed by atoms with Crippen molar-refractivity contribution in [3.05, 3.63) is 0 Å². The van der Waals surface area contributed by atoms with E-state index < -0.39 is 0 Å². The van der Waals surface area contributed by atoms with Gasteiger partial charge in [0, 0.05) is 6.04 Å². The van der Waals surface area contributed by atoms with Crippen LogP contribution in [0.15, 0.2) is 0 Å². The van der Waals surface area contributed by atoms with Crippen LogP contribution in [-0.2, 0) is 0 Å². The van der Waals surface area contributed by atoms with Gasteiger partial charge in [0.1, 0.15) is 0 Å². The largest absolute Gasteiger partial charge is 0.314 e. The molecule has 3 rings (SSSR count). The molecule has 1 N–H and O–H groups in total. The summed E-state index contributed by atoms with van der Waals surface area (Å²) in [5, 5.41) is 3.57. The number of hydrogen-bond acceptors (Lipinski definition) is 1. The molecule has 2 saturated heterocycles. The van der Waals surface area contributed by atoms with E-state index >= 15 is 0 Å². The second kappa shape index (κ2) is 3.59. The van der Waals surface area contributed by atoms with E-state index in [0.29, 0.717) is 0 Å². The minimum absolute atomic E-state index is 0. The molecule has 2 bridgehead atoms. The van der Waals surface area contributed by atoms with Crippen molar-refractivity contribution in [1.82, 2.24) is 5.32 Å². The fraction of sp³-hybridized carbons (Fsp3) is 1.00. The monoisotopic (exact) mass is 161 g/mol. The van der Waals surface area contributed by atoms with Crippen LogP contribution >= 0.6 is 12.4 Å². The van der Waals surface area contributed by atoms with Crippen molar-refractivity contribution in [2.75, 3.05) is 6.54 Å². The minimum Gasteiger partial charge on any atom is -0.314 e. The molecule has 2 heteroatoms. The highest BCUT2D eigenvalue weighted by molar-refractivity contribution is 5.85. The molecule has 3 aliphatic rings. The molecule has 2 aliphatic heterocycles. The Bertz CT molecular complexity index is 79.9. The first-order chi connectivity index (χ1) is 4.45. The maximum absolute atomic E-state index is 3.57. The van der Waals surface area contributed by atoms with Crippen LogP contribution in [0.4, 0.5) is 0 Å². The lowest BCUT2D eigenvalue weighted by molar-refractivity contribution is 0.344. The van der Waals surface area contributed by atoms with Crippen molar-refractivity contribution in [2.45, 2.75) is 38.1 Å². The lowest BCUT2D eigenvalue weighted by Gasteiger charge is -2.22. The van der Waals surface area contributed by atoms with Crippen LogP contribution in [-0.4, -0.2) is 12.6 Å². The van der Waals surface area contributed by atoms with E-state index in [2.05, 4.69) is 5.32 Å². The van der Waals surface area contributed by atoms with Crippen molar-refractivity contribution in [3.63, 3.8) is 0 Å². The molecule has 2 heterocycles.